The molecule has 0 fully saturated rings. The van der Waals surface area contributed by atoms with Gasteiger partial charge < -0.3 is 19.1 Å². The zero-order valence-electron chi connectivity index (χ0n) is 18.7. The molecule has 0 unspecified atom stereocenters. The zero-order valence-corrected chi connectivity index (χ0v) is 19.6. The lowest BCUT2D eigenvalue weighted by atomic mass is 10.1. The molecule has 5 aromatic rings. The largest absolute Gasteiger partial charge is 0.493 e. The summed E-state index contributed by atoms with van der Waals surface area (Å²) >= 11 is 1.72. The fourth-order valence-corrected chi connectivity index (χ4v) is 4.79. The Balaban J connectivity index is 1.44. The molecule has 4 aromatic carbocycles. The average molecular weight is 457 g/mol. The van der Waals surface area contributed by atoms with E-state index in [2.05, 4.69) is 59.5 Å². The third-order valence-corrected chi connectivity index (χ3v) is 6.70. The first-order valence-electron chi connectivity index (χ1n) is 10.6. The second-order valence-corrected chi connectivity index (χ2v) is 8.71. The quantitative estimate of drug-likeness (QED) is 0.250. The number of rotatable bonds is 7. The number of nitrogens with zero attached hydrogens (tertiary/aromatic N) is 2. The minimum absolute atomic E-state index is 0.176. The lowest BCUT2D eigenvalue weighted by Crippen LogP contribution is -2.10. The molecule has 33 heavy (non-hydrogen) atoms. The summed E-state index contributed by atoms with van der Waals surface area (Å²) in [6.07, 6.45) is 0. The van der Waals surface area contributed by atoms with Gasteiger partial charge in [-0.3, -0.25) is 0 Å². The maximum atomic E-state index is 5.57. The Bertz CT molecular complexity index is 1400. The van der Waals surface area contributed by atoms with Crippen LogP contribution < -0.4 is 14.4 Å². The molecule has 166 valence electrons. The van der Waals surface area contributed by atoms with Crippen molar-refractivity contribution < 1.29 is 14.2 Å². The van der Waals surface area contributed by atoms with Gasteiger partial charge in [0.25, 0.3) is 0 Å². The van der Waals surface area contributed by atoms with Crippen LogP contribution in [-0.4, -0.2) is 33.0 Å². The standard InChI is InChI=1S/C27H24N2O3S/c1-29(22-12-13-24(32-17-30-2)25(16-22)31-3)21-11-10-18-14-20(9-8-19(18)15-21)27-28-23-6-4-5-7-26(23)33-27/h4-16H,17H2,1-3H3. The van der Waals surface area contributed by atoms with Gasteiger partial charge in [0, 0.05) is 37.2 Å². The summed E-state index contributed by atoms with van der Waals surface area (Å²) in [7, 11) is 5.27. The lowest BCUT2D eigenvalue weighted by molar-refractivity contribution is 0.0492. The van der Waals surface area contributed by atoms with Crippen molar-refractivity contribution >= 4 is 43.7 Å². The molecule has 0 bridgehead atoms. The van der Waals surface area contributed by atoms with Crippen LogP contribution in [0.3, 0.4) is 0 Å². The van der Waals surface area contributed by atoms with Crippen LogP contribution >= 0.6 is 11.3 Å². The summed E-state index contributed by atoms with van der Waals surface area (Å²) in [5.41, 5.74) is 4.27. The smallest absolute Gasteiger partial charge is 0.188 e. The van der Waals surface area contributed by atoms with E-state index in [9.17, 15) is 0 Å². The number of aromatic nitrogens is 1. The van der Waals surface area contributed by atoms with Gasteiger partial charge in [0.1, 0.15) is 5.01 Å². The molecule has 0 aliphatic carbocycles. The third kappa shape index (κ3) is 4.23. The predicted octanol–water partition coefficient (Wildman–Crippen LogP) is 6.88. The molecule has 5 nitrogen and oxygen atoms in total. The minimum atomic E-state index is 0.176. The Kier molecular flexibility index (Phi) is 5.86. The average Bonchev–Trinajstić information content (AvgIpc) is 3.30. The Morgan fingerprint density at radius 1 is 0.818 bits per heavy atom. The van der Waals surface area contributed by atoms with Gasteiger partial charge in [-0.1, -0.05) is 30.3 Å². The van der Waals surface area contributed by atoms with E-state index in [0.717, 1.165) is 27.5 Å². The number of anilines is 2. The molecule has 1 heterocycles. The van der Waals surface area contributed by atoms with Crippen LogP contribution in [0.25, 0.3) is 31.6 Å². The van der Waals surface area contributed by atoms with E-state index >= 15 is 0 Å². The topological polar surface area (TPSA) is 43.8 Å². The van der Waals surface area contributed by atoms with Crippen LogP contribution in [0.5, 0.6) is 11.5 Å². The number of hydrogen-bond donors (Lipinski definition) is 0. The van der Waals surface area contributed by atoms with Gasteiger partial charge in [-0.2, -0.15) is 0 Å². The van der Waals surface area contributed by atoms with Crippen molar-refractivity contribution in [3.8, 4) is 22.1 Å². The Labute approximate surface area is 196 Å². The van der Waals surface area contributed by atoms with Crippen LogP contribution in [-0.2, 0) is 4.74 Å². The number of fused-ring (bicyclic) bond motifs is 2. The van der Waals surface area contributed by atoms with Gasteiger partial charge in [-0.05, 0) is 53.2 Å². The fraction of sp³-hybridized carbons (Fsp3) is 0.148. The molecule has 0 radical (unpaired) electrons. The number of thiazole rings is 1. The van der Waals surface area contributed by atoms with E-state index in [0.29, 0.717) is 11.5 Å². The SMILES string of the molecule is COCOc1ccc(N(C)c2ccc3cc(-c4nc5ccccc5s4)ccc3c2)cc1OC. The molecule has 0 spiro atoms. The Morgan fingerprint density at radius 3 is 2.39 bits per heavy atom. The molecular weight excluding hydrogens is 432 g/mol. The van der Waals surface area contributed by atoms with Crippen molar-refractivity contribution in [2.24, 2.45) is 0 Å². The molecular formula is C27H24N2O3S. The van der Waals surface area contributed by atoms with Crippen molar-refractivity contribution in [1.29, 1.82) is 0 Å². The lowest BCUT2D eigenvalue weighted by Gasteiger charge is -2.21. The Morgan fingerprint density at radius 2 is 1.58 bits per heavy atom. The summed E-state index contributed by atoms with van der Waals surface area (Å²) in [4.78, 5) is 6.93. The van der Waals surface area contributed by atoms with E-state index in [4.69, 9.17) is 19.2 Å². The van der Waals surface area contributed by atoms with Crippen LogP contribution in [0, 0.1) is 0 Å². The summed E-state index contributed by atoms with van der Waals surface area (Å²) < 4.78 is 17.3. The summed E-state index contributed by atoms with van der Waals surface area (Å²) in [6, 6.07) is 27.1. The molecule has 0 atom stereocenters. The molecule has 6 heteroatoms. The van der Waals surface area contributed by atoms with Crippen LogP contribution in [0.2, 0.25) is 0 Å². The first-order valence-corrected chi connectivity index (χ1v) is 11.4. The maximum absolute atomic E-state index is 5.57. The number of ether oxygens (including phenoxy) is 3. The molecule has 0 aliphatic rings. The number of para-hydroxylation sites is 1. The first kappa shape index (κ1) is 21.2. The summed E-state index contributed by atoms with van der Waals surface area (Å²) in [5, 5.41) is 3.41. The van der Waals surface area contributed by atoms with Crippen molar-refractivity contribution in [3.63, 3.8) is 0 Å². The van der Waals surface area contributed by atoms with Gasteiger partial charge in [0.05, 0.1) is 17.3 Å². The van der Waals surface area contributed by atoms with E-state index in [1.165, 1.54) is 15.5 Å². The van der Waals surface area contributed by atoms with E-state index in [1.54, 1.807) is 25.6 Å². The molecule has 5 rings (SSSR count). The normalized spacial score (nSPS) is 11.1. The zero-order chi connectivity index (χ0) is 22.8. The first-order chi connectivity index (χ1) is 16.2. The van der Waals surface area contributed by atoms with Crippen molar-refractivity contribution in [2.75, 3.05) is 33.0 Å². The molecule has 0 N–H and O–H groups in total. The maximum Gasteiger partial charge on any atom is 0.188 e. The van der Waals surface area contributed by atoms with Gasteiger partial charge >= 0.3 is 0 Å². The number of hydrogen-bond acceptors (Lipinski definition) is 6. The van der Waals surface area contributed by atoms with E-state index in [1.807, 2.05) is 31.3 Å². The number of methoxy groups -OCH3 is 2. The summed E-state index contributed by atoms with van der Waals surface area (Å²) in [5.74, 6) is 1.31. The van der Waals surface area contributed by atoms with Crippen molar-refractivity contribution in [1.82, 2.24) is 4.98 Å². The van der Waals surface area contributed by atoms with Crippen molar-refractivity contribution in [2.45, 2.75) is 0 Å². The van der Waals surface area contributed by atoms with Gasteiger partial charge in [-0.15, -0.1) is 11.3 Å². The van der Waals surface area contributed by atoms with Gasteiger partial charge in [0.15, 0.2) is 18.3 Å². The highest BCUT2D eigenvalue weighted by molar-refractivity contribution is 7.21. The van der Waals surface area contributed by atoms with Crippen molar-refractivity contribution in [3.05, 3.63) is 78.9 Å². The predicted molar refractivity (Wildman–Crippen MR) is 136 cm³/mol. The van der Waals surface area contributed by atoms with Crippen LogP contribution in [0.15, 0.2) is 78.9 Å². The van der Waals surface area contributed by atoms with E-state index in [-0.39, 0.29) is 6.79 Å². The molecule has 0 saturated heterocycles. The highest BCUT2D eigenvalue weighted by atomic mass is 32.1. The second kappa shape index (κ2) is 9.10. The summed E-state index contributed by atoms with van der Waals surface area (Å²) in [6.45, 7) is 0.176. The number of benzene rings is 4. The molecule has 0 saturated carbocycles. The van der Waals surface area contributed by atoms with Gasteiger partial charge in [0.2, 0.25) is 0 Å². The van der Waals surface area contributed by atoms with Gasteiger partial charge in [-0.25, -0.2) is 4.98 Å². The third-order valence-electron chi connectivity index (χ3n) is 5.62. The van der Waals surface area contributed by atoms with Crippen LogP contribution in [0.4, 0.5) is 11.4 Å². The highest BCUT2D eigenvalue weighted by Gasteiger charge is 2.12. The van der Waals surface area contributed by atoms with E-state index < -0.39 is 0 Å². The molecule has 1 aromatic heterocycles. The fourth-order valence-electron chi connectivity index (χ4n) is 3.83. The minimum Gasteiger partial charge on any atom is -0.493 e. The monoisotopic (exact) mass is 456 g/mol. The molecule has 0 amide bonds. The molecule has 0 aliphatic heterocycles. The highest BCUT2D eigenvalue weighted by Crippen LogP contribution is 2.36. The Hall–Kier alpha value is -3.61. The van der Waals surface area contributed by atoms with Crippen LogP contribution in [0.1, 0.15) is 0 Å². The second-order valence-electron chi connectivity index (χ2n) is 7.68.